The molecule has 2 saturated heterocycles. The summed E-state index contributed by atoms with van der Waals surface area (Å²) in [6, 6.07) is 1.99. The molecular formula is C18H26F3N3O5. The quantitative estimate of drug-likeness (QED) is 0.792. The molecule has 3 atom stereocenters. The second-order valence-electron chi connectivity index (χ2n) is 7.64. The van der Waals surface area contributed by atoms with Crippen molar-refractivity contribution in [2.45, 2.75) is 26.1 Å². The van der Waals surface area contributed by atoms with Crippen LogP contribution < -0.4 is 0 Å². The maximum Gasteiger partial charge on any atom is 0.490 e. The summed E-state index contributed by atoms with van der Waals surface area (Å²) in [7, 11) is 3.63. The van der Waals surface area contributed by atoms with Crippen molar-refractivity contribution < 1.29 is 37.1 Å². The Balaban J connectivity index is 0.000000370. The molecule has 11 heteroatoms. The van der Waals surface area contributed by atoms with Crippen LogP contribution in [0.25, 0.3) is 0 Å². The van der Waals surface area contributed by atoms with E-state index in [1.54, 1.807) is 4.90 Å². The van der Waals surface area contributed by atoms with E-state index in [4.69, 9.17) is 19.2 Å². The Kier molecular flexibility index (Phi) is 7.64. The minimum Gasteiger partial charge on any atom is -0.475 e. The van der Waals surface area contributed by atoms with Crippen molar-refractivity contribution >= 4 is 11.9 Å². The Morgan fingerprint density at radius 2 is 1.97 bits per heavy atom. The van der Waals surface area contributed by atoms with Crippen LogP contribution in [0.5, 0.6) is 0 Å². The molecule has 3 heterocycles. The van der Waals surface area contributed by atoms with Crippen molar-refractivity contribution in [1.82, 2.24) is 15.0 Å². The van der Waals surface area contributed by atoms with E-state index >= 15 is 0 Å². The standard InChI is InChI=1S/C16H25N3O3.C2HF3O2/c1-11-4-14(17-22-11)7-19-6-13-10-21-9-12(15(13)8-19)5-16(20)18(2)3;3-2(4,5)1(6)7/h4,12-13,15H,5-10H2,1-3H3;(H,6,7)/t12-,13-,15+;/m1./s1. The number of aliphatic carboxylic acids is 1. The molecule has 8 nitrogen and oxygen atoms in total. The number of carboxylic acids is 1. The van der Waals surface area contributed by atoms with Gasteiger partial charge in [-0.1, -0.05) is 5.16 Å². The second-order valence-corrected chi connectivity index (χ2v) is 7.64. The fourth-order valence-corrected chi connectivity index (χ4v) is 3.66. The highest BCUT2D eigenvalue weighted by atomic mass is 19.4. The third-order valence-corrected chi connectivity index (χ3v) is 5.08. The number of rotatable bonds is 4. The minimum atomic E-state index is -5.08. The lowest BCUT2D eigenvalue weighted by molar-refractivity contribution is -0.192. The molecule has 2 fully saturated rings. The van der Waals surface area contributed by atoms with Crippen LogP contribution in [0.1, 0.15) is 17.9 Å². The van der Waals surface area contributed by atoms with Gasteiger partial charge in [0.15, 0.2) is 0 Å². The van der Waals surface area contributed by atoms with Crippen LogP contribution in [0.15, 0.2) is 10.6 Å². The molecule has 0 unspecified atom stereocenters. The highest BCUT2D eigenvalue weighted by molar-refractivity contribution is 5.75. The zero-order chi connectivity index (χ0) is 21.8. The van der Waals surface area contributed by atoms with Crippen LogP contribution in [0, 0.1) is 24.7 Å². The van der Waals surface area contributed by atoms with Gasteiger partial charge >= 0.3 is 12.1 Å². The summed E-state index contributed by atoms with van der Waals surface area (Å²) in [5, 5.41) is 11.2. The lowest BCUT2D eigenvalue weighted by Gasteiger charge is -2.33. The third-order valence-electron chi connectivity index (χ3n) is 5.08. The number of aromatic nitrogens is 1. The van der Waals surface area contributed by atoms with Gasteiger partial charge in [0.2, 0.25) is 5.91 Å². The van der Waals surface area contributed by atoms with E-state index in [9.17, 15) is 18.0 Å². The van der Waals surface area contributed by atoms with Gasteiger partial charge in [-0.25, -0.2) is 4.79 Å². The highest BCUT2D eigenvalue weighted by Crippen LogP contribution is 2.36. The van der Waals surface area contributed by atoms with Crippen LogP contribution in [0.3, 0.4) is 0 Å². The fraction of sp³-hybridized carbons (Fsp3) is 0.722. The van der Waals surface area contributed by atoms with Gasteiger partial charge in [0.1, 0.15) is 5.76 Å². The van der Waals surface area contributed by atoms with E-state index in [1.165, 1.54) is 0 Å². The predicted octanol–water partition coefficient (Wildman–Crippen LogP) is 1.79. The monoisotopic (exact) mass is 421 g/mol. The Morgan fingerprint density at radius 1 is 1.31 bits per heavy atom. The van der Waals surface area contributed by atoms with Gasteiger partial charge in [0.05, 0.1) is 18.9 Å². The summed E-state index contributed by atoms with van der Waals surface area (Å²) in [6.45, 7) is 6.29. The molecule has 164 valence electrons. The number of halogens is 3. The highest BCUT2D eigenvalue weighted by Gasteiger charge is 2.41. The second kappa shape index (κ2) is 9.57. The molecule has 1 amide bonds. The first-order chi connectivity index (χ1) is 13.5. The molecule has 0 bridgehead atoms. The van der Waals surface area contributed by atoms with Gasteiger partial charge in [-0.15, -0.1) is 0 Å². The van der Waals surface area contributed by atoms with Crippen LogP contribution in [0.2, 0.25) is 0 Å². The van der Waals surface area contributed by atoms with Crippen molar-refractivity contribution in [1.29, 1.82) is 0 Å². The topological polar surface area (TPSA) is 96.1 Å². The predicted molar refractivity (Wildman–Crippen MR) is 94.8 cm³/mol. The van der Waals surface area contributed by atoms with Gasteiger partial charge in [0.25, 0.3) is 0 Å². The van der Waals surface area contributed by atoms with Crippen LogP contribution >= 0.6 is 0 Å². The normalized spacial score (nSPS) is 24.4. The van der Waals surface area contributed by atoms with E-state index in [0.29, 0.717) is 30.8 Å². The van der Waals surface area contributed by atoms with Crippen molar-refractivity contribution in [3.63, 3.8) is 0 Å². The maximum absolute atomic E-state index is 12.0. The van der Waals surface area contributed by atoms with E-state index in [1.807, 2.05) is 27.1 Å². The van der Waals surface area contributed by atoms with E-state index in [2.05, 4.69) is 10.1 Å². The minimum absolute atomic E-state index is 0.194. The number of amides is 1. The summed E-state index contributed by atoms with van der Waals surface area (Å²) >= 11 is 0. The smallest absolute Gasteiger partial charge is 0.475 e. The molecule has 3 rings (SSSR count). The fourth-order valence-electron chi connectivity index (χ4n) is 3.66. The number of hydrogen-bond acceptors (Lipinski definition) is 6. The van der Waals surface area contributed by atoms with Gasteiger partial charge in [0, 0.05) is 46.2 Å². The number of alkyl halides is 3. The van der Waals surface area contributed by atoms with Crippen molar-refractivity contribution in [2.75, 3.05) is 40.4 Å². The molecule has 0 saturated carbocycles. The molecule has 2 aliphatic heterocycles. The summed E-state index contributed by atoms with van der Waals surface area (Å²) in [4.78, 5) is 25.0. The van der Waals surface area contributed by atoms with E-state index < -0.39 is 12.1 Å². The average molecular weight is 421 g/mol. The first kappa shape index (κ1) is 23.1. The molecule has 0 aromatic carbocycles. The zero-order valence-corrected chi connectivity index (χ0v) is 16.6. The molecule has 29 heavy (non-hydrogen) atoms. The SMILES string of the molecule is Cc1cc(CN2C[C@@H]3COC[C@@H](CC(=O)N(C)C)[C@@H]3C2)no1.O=C(O)C(F)(F)F. The summed E-state index contributed by atoms with van der Waals surface area (Å²) in [5.41, 5.74) is 0.984. The van der Waals surface area contributed by atoms with Crippen LogP contribution in [-0.2, 0) is 20.9 Å². The molecular weight excluding hydrogens is 395 g/mol. The van der Waals surface area contributed by atoms with E-state index in [-0.39, 0.29) is 5.91 Å². The number of fused-ring (bicyclic) bond motifs is 1. The summed E-state index contributed by atoms with van der Waals surface area (Å²) in [6.07, 6.45) is -4.49. The van der Waals surface area contributed by atoms with Crippen molar-refractivity contribution in [3.05, 3.63) is 17.5 Å². The molecule has 1 N–H and O–H groups in total. The Bertz CT molecular complexity index is 707. The maximum atomic E-state index is 12.0. The third kappa shape index (κ3) is 6.70. The Labute approximate surface area is 166 Å². The summed E-state index contributed by atoms with van der Waals surface area (Å²) < 4.78 is 42.6. The van der Waals surface area contributed by atoms with Gasteiger partial charge < -0.3 is 19.3 Å². The summed E-state index contributed by atoms with van der Waals surface area (Å²) in [5.74, 6) is -0.304. The first-order valence-corrected chi connectivity index (χ1v) is 9.20. The lowest BCUT2D eigenvalue weighted by atomic mass is 9.81. The molecule has 2 aliphatic rings. The Hall–Kier alpha value is -2.14. The number of carbonyl (C=O) groups excluding carboxylic acids is 1. The number of aryl methyl sites for hydroxylation is 1. The number of nitrogens with zero attached hydrogens (tertiary/aromatic N) is 3. The molecule has 0 aliphatic carbocycles. The molecule has 0 radical (unpaired) electrons. The molecule has 1 aromatic rings. The lowest BCUT2D eigenvalue weighted by Crippen LogP contribution is -2.38. The zero-order valence-electron chi connectivity index (χ0n) is 16.6. The largest absolute Gasteiger partial charge is 0.490 e. The van der Waals surface area contributed by atoms with Gasteiger partial charge in [-0.05, 0) is 24.7 Å². The number of ether oxygens (including phenoxy) is 1. The average Bonchev–Trinajstić information content (AvgIpc) is 3.20. The number of carboxylic acid groups (broad SMARTS) is 1. The molecule has 0 spiro atoms. The number of likely N-dealkylation sites (tertiary alicyclic amines) is 1. The van der Waals surface area contributed by atoms with Crippen LogP contribution in [0.4, 0.5) is 13.2 Å². The van der Waals surface area contributed by atoms with Gasteiger partial charge in [-0.3, -0.25) is 9.69 Å². The first-order valence-electron chi connectivity index (χ1n) is 9.20. The molecule has 1 aromatic heterocycles. The van der Waals surface area contributed by atoms with Crippen LogP contribution in [-0.4, -0.2) is 78.5 Å². The van der Waals surface area contributed by atoms with Crippen molar-refractivity contribution in [2.24, 2.45) is 17.8 Å². The van der Waals surface area contributed by atoms with Crippen molar-refractivity contribution in [3.8, 4) is 0 Å². The van der Waals surface area contributed by atoms with Gasteiger partial charge in [-0.2, -0.15) is 13.2 Å². The van der Waals surface area contributed by atoms with E-state index in [0.717, 1.165) is 37.7 Å². The number of hydrogen-bond donors (Lipinski definition) is 1. The Morgan fingerprint density at radius 3 is 2.48 bits per heavy atom. The number of carbonyl (C=O) groups is 2.